The van der Waals surface area contributed by atoms with E-state index < -0.39 is 9.84 Å². The van der Waals surface area contributed by atoms with Gasteiger partial charge in [0.25, 0.3) is 0 Å². The molecular formula is C19H26N2O4S. The Morgan fingerprint density at radius 1 is 1.12 bits per heavy atom. The number of carbonyl (C=O) groups is 2. The fraction of sp³-hybridized carbons (Fsp3) is 0.579. The number of aryl methyl sites for hydroxylation is 1. The van der Waals surface area contributed by atoms with Gasteiger partial charge in [-0.1, -0.05) is 29.8 Å². The molecule has 7 heteroatoms. The van der Waals surface area contributed by atoms with Crippen LogP contribution in [0.2, 0.25) is 0 Å². The molecule has 2 N–H and O–H groups in total. The summed E-state index contributed by atoms with van der Waals surface area (Å²) in [6.45, 7) is 1.93. The summed E-state index contributed by atoms with van der Waals surface area (Å²) in [6, 6.07) is 7.95. The monoisotopic (exact) mass is 378 g/mol. The quantitative estimate of drug-likeness (QED) is 0.748. The van der Waals surface area contributed by atoms with E-state index >= 15 is 0 Å². The maximum absolute atomic E-state index is 12.3. The van der Waals surface area contributed by atoms with Gasteiger partial charge >= 0.3 is 0 Å². The molecule has 1 saturated heterocycles. The van der Waals surface area contributed by atoms with E-state index in [-0.39, 0.29) is 41.8 Å². The lowest BCUT2D eigenvalue weighted by atomic mass is 9.90. The van der Waals surface area contributed by atoms with Gasteiger partial charge in [-0.2, -0.15) is 0 Å². The molecule has 2 unspecified atom stereocenters. The van der Waals surface area contributed by atoms with E-state index in [9.17, 15) is 18.0 Å². The third kappa shape index (κ3) is 5.30. The first-order chi connectivity index (χ1) is 12.3. The minimum absolute atomic E-state index is 0.0101. The van der Waals surface area contributed by atoms with Gasteiger partial charge in [0, 0.05) is 12.5 Å². The summed E-state index contributed by atoms with van der Waals surface area (Å²) in [4.78, 5) is 24.2. The molecule has 3 rings (SSSR count). The summed E-state index contributed by atoms with van der Waals surface area (Å²) in [5, 5.41) is 5.35. The van der Waals surface area contributed by atoms with Gasteiger partial charge in [-0.25, -0.2) is 8.42 Å². The van der Waals surface area contributed by atoms with Crippen LogP contribution < -0.4 is 10.6 Å². The predicted octanol–water partition coefficient (Wildman–Crippen LogP) is 1.30. The van der Waals surface area contributed by atoms with Crippen molar-refractivity contribution in [1.29, 1.82) is 0 Å². The molecule has 1 aliphatic heterocycles. The number of amides is 2. The smallest absolute Gasteiger partial charge is 0.239 e. The summed E-state index contributed by atoms with van der Waals surface area (Å²) >= 11 is 0. The highest BCUT2D eigenvalue weighted by atomic mass is 32.2. The number of carbonyl (C=O) groups excluding carboxylic acids is 2. The highest BCUT2D eigenvalue weighted by Crippen LogP contribution is 2.44. The molecule has 0 bridgehead atoms. The maximum Gasteiger partial charge on any atom is 0.239 e. The lowest BCUT2D eigenvalue weighted by molar-refractivity contribution is -0.126. The van der Waals surface area contributed by atoms with Crippen LogP contribution in [-0.4, -0.2) is 44.3 Å². The molecule has 0 radical (unpaired) electrons. The Morgan fingerprint density at radius 2 is 1.81 bits per heavy atom. The molecule has 2 aliphatic rings. The van der Waals surface area contributed by atoms with Crippen LogP contribution in [0.25, 0.3) is 0 Å². The van der Waals surface area contributed by atoms with Gasteiger partial charge < -0.3 is 10.6 Å². The van der Waals surface area contributed by atoms with Gasteiger partial charge in [-0.05, 0) is 43.6 Å². The van der Waals surface area contributed by atoms with Crippen molar-refractivity contribution in [3.63, 3.8) is 0 Å². The number of hydrogen-bond acceptors (Lipinski definition) is 4. The largest absolute Gasteiger partial charge is 0.351 e. The molecule has 1 aliphatic carbocycles. The van der Waals surface area contributed by atoms with E-state index in [4.69, 9.17) is 0 Å². The minimum Gasteiger partial charge on any atom is -0.351 e. The first-order valence-corrected chi connectivity index (χ1v) is 11.0. The van der Waals surface area contributed by atoms with Gasteiger partial charge in [0.15, 0.2) is 9.84 Å². The van der Waals surface area contributed by atoms with Gasteiger partial charge in [0.1, 0.15) is 0 Å². The van der Waals surface area contributed by atoms with Gasteiger partial charge in [-0.3, -0.25) is 9.59 Å². The maximum atomic E-state index is 12.3. The molecule has 26 heavy (non-hydrogen) atoms. The van der Waals surface area contributed by atoms with E-state index in [2.05, 4.69) is 34.9 Å². The van der Waals surface area contributed by atoms with E-state index in [1.54, 1.807) is 0 Å². The van der Waals surface area contributed by atoms with Crippen molar-refractivity contribution >= 4 is 21.7 Å². The molecule has 6 nitrogen and oxygen atoms in total. The van der Waals surface area contributed by atoms with E-state index in [0.29, 0.717) is 18.8 Å². The van der Waals surface area contributed by atoms with Crippen LogP contribution >= 0.6 is 0 Å². The van der Waals surface area contributed by atoms with Crippen LogP contribution in [-0.2, 0) is 19.4 Å². The molecule has 1 heterocycles. The summed E-state index contributed by atoms with van der Waals surface area (Å²) in [5.41, 5.74) is 2.37. The zero-order chi connectivity index (χ0) is 18.7. The summed E-state index contributed by atoms with van der Waals surface area (Å²) in [7, 11) is -3.03. The lowest BCUT2D eigenvalue weighted by Gasteiger charge is -2.17. The third-order valence-corrected chi connectivity index (χ3v) is 6.91. The Labute approximate surface area is 154 Å². The zero-order valence-electron chi connectivity index (χ0n) is 15.0. The van der Waals surface area contributed by atoms with Crippen LogP contribution in [0.3, 0.4) is 0 Å². The Bertz CT molecular complexity index is 769. The minimum atomic E-state index is -3.03. The molecule has 142 valence electrons. The van der Waals surface area contributed by atoms with Crippen molar-refractivity contribution in [2.24, 2.45) is 5.92 Å². The van der Waals surface area contributed by atoms with Crippen LogP contribution in [0.1, 0.15) is 42.7 Å². The molecule has 1 aromatic rings. The number of nitrogens with one attached hydrogen (secondary N) is 2. The van der Waals surface area contributed by atoms with Crippen molar-refractivity contribution in [3.05, 3.63) is 35.4 Å². The number of rotatable bonds is 7. The molecule has 0 spiro atoms. The Kier molecular flexibility index (Phi) is 5.65. The average Bonchev–Trinajstić information content (AvgIpc) is 3.36. The Balaban J connectivity index is 1.46. The molecular weight excluding hydrogens is 352 g/mol. The molecule has 2 amide bonds. The van der Waals surface area contributed by atoms with Crippen LogP contribution in [0, 0.1) is 12.8 Å². The zero-order valence-corrected chi connectivity index (χ0v) is 15.8. The Morgan fingerprint density at radius 3 is 2.38 bits per heavy atom. The van der Waals surface area contributed by atoms with Gasteiger partial charge in [0.05, 0.1) is 18.1 Å². The van der Waals surface area contributed by atoms with E-state index in [1.165, 1.54) is 11.1 Å². The number of hydrogen-bond donors (Lipinski definition) is 2. The first-order valence-electron chi connectivity index (χ1n) is 9.15. The number of sulfone groups is 1. The van der Waals surface area contributed by atoms with Crippen molar-refractivity contribution in [2.45, 2.75) is 44.6 Å². The Hall–Kier alpha value is -1.89. The standard InChI is InChI=1S/C19H26N2O4S/c1-13-2-4-14(5-3-13)17(15-6-7-15)10-18(22)20-11-19(23)21-16-8-9-26(24,25)12-16/h2-5,15-17H,6-12H2,1H3,(H,20,22)(H,21,23). The van der Waals surface area contributed by atoms with Crippen LogP contribution in [0.15, 0.2) is 24.3 Å². The predicted molar refractivity (Wildman–Crippen MR) is 99.5 cm³/mol. The molecule has 2 atom stereocenters. The molecule has 0 aromatic heterocycles. The second-order valence-electron chi connectivity index (χ2n) is 7.50. The fourth-order valence-corrected chi connectivity index (χ4v) is 5.18. The van der Waals surface area contributed by atoms with Gasteiger partial charge in [-0.15, -0.1) is 0 Å². The highest BCUT2D eigenvalue weighted by Gasteiger charge is 2.34. The summed E-state index contributed by atoms with van der Waals surface area (Å²) < 4.78 is 22.8. The molecule has 1 aromatic carbocycles. The second kappa shape index (κ2) is 7.78. The van der Waals surface area contributed by atoms with Crippen LogP contribution in [0.4, 0.5) is 0 Å². The van der Waals surface area contributed by atoms with Crippen molar-refractivity contribution < 1.29 is 18.0 Å². The van der Waals surface area contributed by atoms with Crippen molar-refractivity contribution in [1.82, 2.24) is 10.6 Å². The van der Waals surface area contributed by atoms with E-state index in [0.717, 1.165) is 12.8 Å². The van der Waals surface area contributed by atoms with Crippen molar-refractivity contribution in [2.75, 3.05) is 18.1 Å². The van der Waals surface area contributed by atoms with Crippen LogP contribution in [0.5, 0.6) is 0 Å². The third-order valence-electron chi connectivity index (χ3n) is 5.15. The highest BCUT2D eigenvalue weighted by molar-refractivity contribution is 7.91. The first kappa shape index (κ1) is 18.9. The molecule has 2 fully saturated rings. The second-order valence-corrected chi connectivity index (χ2v) is 9.73. The fourth-order valence-electron chi connectivity index (χ4n) is 3.51. The molecule has 1 saturated carbocycles. The van der Waals surface area contributed by atoms with Gasteiger partial charge in [0.2, 0.25) is 11.8 Å². The van der Waals surface area contributed by atoms with Crippen molar-refractivity contribution in [3.8, 4) is 0 Å². The normalized spacial score (nSPS) is 22.6. The summed E-state index contributed by atoms with van der Waals surface area (Å²) in [5.74, 6) is 0.364. The topological polar surface area (TPSA) is 92.3 Å². The SMILES string of the molecule is Cc1ccc(C(CC(=O)NCC(=O)NC2CCS(=O)(=O)C2)C2CC2)cc1. The summed E-state index contributed by atoms with van der Waals surface area (Å²) in [6.07, 6.45) is 3.10. The lowest BCUT2D eigenvalue weighted by Crippen LogP contribution is -2.42. The number of benzene rings is 1. The average molecular weight is 378 g/mol. The van der Waals surface area contributed by atoms with E-state index in [1.807, 2.05) is 6.92 Å².